The van der Waals surface area contributed by atoms with Crippen LogP contribution in [0.15, 0.2) is 41.6 Å². The fraction of sp³-hybridized carbons (Fsp3) is 0.364. The summed E-state index contributed by atoms with van der Waals surface area (Å²) in [5.74, 6) is -1.57. The van der Waals surface area contributed by atoms with Gasteiger partial charge in [-0.1, -0.05) is 65.9 Å². The second-order valence-electron chi connectivity index (χ2n) is 8.16. The number of rotatable bonds is 5. The summed E-state index contributed by atoms with van der Waals surface area (Å²) in [5, 5.41) is 4.92. The van der Waals surface area contributed by atoms with E-state index in [1.807, 2.05) is 5.32 Å². The van der Waals surface area contributed by atoms with Gasteiger partial charge < -0.3 is 10.2 Å². The number of carbonyl (C=O) groups is 1. The van der Waals surface area contributed by atoms with Gasteiger partial charge in [-0.05, 0) is 24.3 Å². The van der Waals surface area contributed by atoms with Gasteiger partial charge in [0.15, 0.2) is 6.04 Å². The number of oxime groups is 1. The van der Waals surface area contributed by atoms with Gasteiger partial charge in [0.1, 0.15) is 0 Å². The van der Waals surface area contributed by atoms with Gasteiger partial charge in [0, 0.05) is 44.1 Å². The minimum atomic E-state index is -4.95. The number of hydrogen-bond donors (Lipinski definition) is 1. The van der Waals surface area contributed by atoms with E-state index >= 15 is 0 Å². The molecule has 1 N–H and O–H groups in total. The van der Waals surface area contributed by atoms with Crippen LogP contribution in [0.1, 0.15) is 43.0 Å². The SMILES string of the molecule is CC(C)C(=O)NC(c1ccc(C2=NOC(c3cc(Cl)cc(Cl)c3)(C(F)(F)F)C2)cc1Cl)C(F)(F)F. The molecule has 2 aromatic carbocycles. The third kappa shape index (κ3) is 5.65. The monoisotopic (exact) mass is 560 g/mol. The standard InChI is InChI=1S/C22H17Cl3F6N2O2/c1-10(2)19(34)32-18(21(26,27)28)15-4-3-11(5-16(15)25)17-9-20(35-33-17,22(29,30)31)12-6-13(23)8-14(24)7-12/h3-8,10,18H,9H2,1-2H3,(H,32,34). The molecule has 2 atom stereocenters. The van der Waals surface area contributed by atoms with Gasteiger partial charge >= 0.3 is 12.4 Å². The van der Waals surface area contributed by atoms with Crippen LogP contribution in [0.5, 0.6) is 0 Å². The third-order valence-corrected chi connectivity index (χ3v) is 6.06. The Morgan fingerprint density at radius 1 is 1.03 bits per heavy atom. The molecule has 13 heteroatoms. The third-order valence-electron chi connectivity index (χ3n) is 5.30. The molecule has 1 aliphatic heterocycles. The van der Waals surface area contributed by atoms with E-state index in [0.717, 1.165) is 30.3 Å². The molecule has 3 rings (SSSR count). The fourth-order valence-corrected chi connectivity index (χ4v) is 4.25. The minimum absolute atomic E-state index is 0.00844. The first-order valence-corrected chi connectivity index (χ1v) is 11.1. The quantitative estimate of drug-likeness (QED) is 0.382. The molecule has 2 unspecified atom stereocenters. The average molecular weight is 562 g/mol. The summed E-state index contributed by atoms with van der Waals surface area (Å²) in [6.45, 7) is 2.84. The van der Waals surface area contributed by atoms with E-state index in [-0.39, 0.29) is 21.3 Å². The Morgan fingerprint density at radius 2 is 1.63 bits per heavy atom. The van der Waals surface area contributed by atoms with E-state index in [1.165, 1.54) is 19.9 Å². The first kappa shape index (κ1) is 27.4. The lowest BCUT2D eigenvalue weighted by molar-refractivity contribution is -0.275. The maximum absolute atomic E-state index is 14.1. The zero-order valence-corrected chi connectivity index (χ0v) is 20.3. The van der Waals surface area contributed by atoms with Gasteiger partial charge in [-0.3, -0.25) is 4.79 Å². The molecule has 0 fully saturated rings. The maximum atomic E-state index is 14.1. The highest BCUT2D eigenvalue weighted by atomic mass is 35.5. The molecule has 190 valence electrons. The zero-order valence-electron chi connectivity index (χ0n) is 18.0. The van der Waals surface area contributed by atoms with E-state index in [2.05, 4.69) is 5.16 Å². The number of carbonyl (C=O) groups excluding carboxylic acids is 1. The van der Waals surface area contributed by atoms with Crippen molar-refractivity contribution < 1.29 is 36.0 Å². The van der Waals surface area contributed by atoms with E-state index < -0.39 is 58.4 Å². The number of alkyl halides is 6. The van der Waals surface area contributed by atoms with Crippen LogP contribution in [-0.2, 0) is 15.2 Å². The van der Waals surface area contributed by atoms with Gasteiger partial charge in [-0.25, -0.2) is 0 Å². The van der Waals surface area contributed by atoms with Crippen molar-refractivity contribution in [2.45, 2.75) is 44.3 Å². The first-order chi connectivity index (χ1) is 16.0. The van der Waals surface area contributed by atoms with Crippen LogP contribution < -0.4 is 5.32 Å². The van der Waals surface area contributed by atoms with E-state index in [1.54, 1.807) is 0 Å². The van der Waals surface area contributed by atoms with Crippen molar-refractivity contribution in [2.75, 3.05) is 0 Å². The maximum Gasteiger partial charge on any atom is 0.435 e. The smallest absolute Gasteiger partial charge is 0.374 e. The van der Waals surface area contributed by atoms with Crippen LogP contribution in [0.3, 0.4) is 0 Å². The molecule has 4 nitrogen and oxygen atoms in total. The molecule has 1 amide bonds. The summed E-state index contributed by atoms with van der Waals surface area (Å²) in [6, 6.07) is 4.06. The van der Waals surface area contributed by atoms with Crippen LogP contribution in [0.2, 0.25) is 15.1 Å². The molecule has 0 saturated heterocycles. The summed E-state index contributed by atoms with van der Waals surface area (Å²) in [6.07, 6.45) is -10.6. The highest BCUT2D eigenvalue weighted by molar-refractivity contribution is 6.34. The number of amides is 1. The summed E-state index contributed by atoms with van der Waals surface area (Å²) < 4.78 is 83.3. The van der Waals surface area contributed by atoms with Crippen molar-refractivity contribution in [3.05, 3.63) is 68.2 Å². The van der Waals surface area contributed by atoms with Crippen LogP contribution in [0.4, 0.5) is 26.3 Å². The Labute approximate surface area is 211 Å². The zero-order chi connectivity index (χ0) is 26.3. The molecule has 35 heavy (non-hydrogen) atoms. The number of nitrogens with zero attached hydrogens (tertiary/aromatic N) is 1. The van der Waals surface area contributed by atoms with Crippen LogP contribution in [0.25, 0.3) is 0 Å². The fourth-order valence-electron chi connectivity index (χ4n) is 3.43. The van der Waals surface area contributed by atoms with Gasteiger partial charge in [-0.15, -0.1) is 0 Å². The molecule has 0 saturated carbocycles. The Bertz CT molecular complexity index is 1150. The van der Waals surface area contributed by atoms with Gasteiger partial charge in [0.05, 0.1) is 5.71 Å². The molecule has 0 spiro atoms. The highest BCUT2D eigenvalue weighted by Crippen LogP contribution is 2.50. The molecular weight excluding hydrogens is 545 g/mol. The lowest BCUT2D eigenvalue weighted by Gasteiger charge is -2.29. The topological polar surface area (TPSA) is 50.7 Å². The van der Waals surface area contributed by atoms with Gasteiger partial charge in [-0.2, -0.15) is 26.3 Å². The van der Waals surface area contributed by atoms with Crippen LogP contribution in [0, 0.1) is 5.92 Å². The lowest BCUT2D eigenvalue weighted by atomic mass is 9.86. The molecule has 0 bridgehead atoms. The summed E-state index contributed by atoms with van der Waals surface area (Å²) in [4.78, 5) is 16.8. The second-order valence-corrected chi connectivity index (χ2v) is 9.44. The van der Waals surface area contributed by atoms with Gasteiger partial charge in [0.25, 0.3) is 5.60 Å². The predicted molar refractivity (Wildman–Crippen MR) is 120 cm³/mol. The molecule has 0 aromatic heterocycles. The minimum Gasteiger partial charge on any atom is -0.374 e. The average Bonchev–Trinajstić information content (AvgIpc) is 3.17. The largest absolute Gasteiger partial charge is 0.435 e. The Morgan fingerprint density at radius 3 is 2.11 bits per heavy atom. The van der Waals surface area contributed by atoms with E-state index in [4.69, 9.17) is 39.6 Å². The molecular formula is C22H17Cl3F6N2O2. The summed E-state index contributed by atoms with van der Waals surface area (Å²) in [7, 11) is 0. The van der Waals surface area contributed by atoms with Gasteiger partial charge in [0.2, 0.25) is 5.91 Å². The number of benzene rings is 2. The Hall–Kier alpha value is -2.17. The molecule has 0 radical (unpaired) electrons. The molecule has 0 aliphatic carbocycles. The second kappa shape index (κ2) is 9.71. The Balaban J connectivity index is 1.97. The van der Waals surface area contributed by atoms with Crippen molar-refractivity contribution in [3.63, 3.8) is 0 Å². The van der Waals surface area contributed by atoms with E-state index in [9.17, 15) is 31.1 Å². The summed E-state index contributed by atoms with van der Waals surface area (Å²) in [5.41, 5.74) is -3.98. The van der Waals surface area contributed by atoms with E-state index in [0.29, 0.717) is 0 Å². The predicted octanol–water partition coefficient (Wildman–Crippen LogP) is 7.60. The number of halogens is 9. The highest BCUT2D eigenvalue weighted by Gasteiger charge is 2.62. The van der Waals surface area contributed by atoms with Crippen molar-refractivity contribution in [1.29, 1.82) is 0 Å². The molecule has 1 aliphatic rings. The lowest BCUT2D eigenvalue weighted by Crippen LogP contribution is -2.42. The van der Waals surface area contributed by atoms with Crippen LogP contribution in [-0.4, -0.2) is 24.0 Å². The number of nitrogens with one attached hydrogen (secondary N) is 1. The molecule has 2 aromatic rings. The van der Waals surface area contributed by atoms with Crippen molar-refractivity contribution >= 4 is 46.4 Å². The van der Waals surface area contributed by atoms with Crippen molar-refractivity contribution in [1.82, 2.24) is 5.32 Å². The first-order valence-electron chi connectivity index (χ1n) is 10.0. The normalized spacial score (nSPS) is 19.4. The summed E-state index contributed by atoms with van der Waals surface area (Å²) >= 11 is 17.8. The van der Waals surface area contributed by atoms with Crippen LogP contribution >= 0.6 is 34.8 Å². The molecule has 1 heterocycles. The Kier molecular flexibility index (Phi) is 7.60. The number of hydrogen-bond acceptors (Lipinski definition) is 3. The van der Waals surface area contributed by atoms with Crippen molar-refractivity contribution in [2.24, 2.45) is 11.1 Å². The van der Waals surface area contributed by atoms with Crippen molar-refractivity contribution in [3.8, 4) is 0 Å².